The van der Waals surface area contributed by atoms with Crippen LogP contribution in [0.4, 0.5) is 5.69 Å². The highest BCUT2D eigenvalue weighted by atomic mass is 16.3. The standard InChI is InChI=1S/C16H26N2O2/c1-16(2,3)14(10-11-19)18-15(20)9-8-12-6-4-5-7-13(12)17/h4-7,14,19H,8-11,17H2,1-3H3,(H,18,20). The molecule has 0 aromatic heterocycles. The number of aliphatic hydroxyl groups excluding tert-OH is 1. The maximum absolute atomic E-state index is 12.0. The van der Waals surface area contributed by atoms with Gasteiger partial charge in [0.2, 0.25) is 5.91 Å². The van der Waals surface area contributed by atoms with Crippen LogP contribution in [0.3, 0.4) is 0 Å². The third-order valence-electron chi connectivity index (χ3n) is 3.47. The fourth-order valence-electron chi connectivity index (χ4n) is 2.13. The lowest BCUT2D eigenvalue weighted by Crippen LogP contribution is -2.44. The smallest absolute Gasteiger partial charge is 0.220 e. The Morgan fingerprint density at radius 2 is 2.00 bits per heavy atom. The molecule has 1 aromatic rings. The molecule has 0 fully saturated rings. The molecule has 1 unspecified atom stereocenters. The molecule has 0 spiro atoms. The van der Waals surface area contributed by atoms with E-state index in [9.17, 15) is 4.79 Å². The molecule has 0 heterocycles. The second-order valence-electron chi connectivity index (χ2n) is 6.20. The molecule has 0 aliphatic rings. The number of aliphatic hydroxyl groups is 1. The number of rotatable bonds is 6. The summed E-state index contributed by atoms with van der Waals surface area (Å²) in [4.78, 5) is 12.0. The van der Waals surface area contributed by atoms with Gasteiger partial charge in [-0.1, -0.05) is 39.0 Å². The monoisotopic (exact) mass is 278 g/mol. The van der Waals surface area contributed by atoms with Gasteiger partial charge in [0.1, 0.15) is 0 Å². The summed E-state index contributed by atoms with van der Waals surface area (Å²) in [6.45, 7) is 6.25. The first kappa shape index (κ1) is 16.5. The second kappa shape index (κ2) is 7.29. The minimum absolute atomic E-state index is 0.00151. The van der Waals surface area contributed by atoms with Gasteiger partial charge in [0.25, 0.3) is 0 Å². The highest BCUT2D eigenvalue weighted by Gasteiger charge is 2.25. The van der Waals surface area contributed by atoms with Gasteiger partial charge < -0.3 is 16.2 Å². The van der Waals surface area contributed by atoms with E-state index in [-0.39, 0.29) is 24.0 Å². The summed E-state index contributed by atoms with van der Waals surface area (Å²) in [6.07, 6.45) is 1.61. The number of benzene rings is 1. The Morgan fingerprint density at radius 1 is 1.35 bits per heavy atom. The molecule has 1 aromatic carbocycles. The number of amides is 1. The molecule has 0 aliphatic carbocycles. The molecular formula is C16H26N2O2. The number of nitrogens with one attached hydrogen (secondary N) is 1. The molecule has 0 aliphatic heterocycles. The largest absolute Gasteiger partial charge is 0.399 e. The number of hydrogen-bond acceptors (Lipinski definition) is 3. The van der Waals surface area contributed by atoms with Crippen LogP contribution < -0.4 is 11.1 Å². The van der Waals surface area contributed by atoms with Crippen LogP contribution in [-0.4, -0.2) is 23.7 Å². The Morgan fingerprint density at radius 3 is 2.55 bits per heavy atom. The van der Waals surface area contributed by atoms with E-state index in [2.05, 4.69) is 26.1 Å². The first-order chi connectivity index (χ1) is 9.34. The normalized spacial score (nSPS) is 13.0. The Balaban J connectivity index is 2.52. The van der Waals surface area contributed by atoms with E-state index >= 15 is 0 Å². The lowest BCUT2D eigenvalue weighted by atomic mass is 9.85. The van der Waals surface area contributed by atoms with E-state index in [0.717, 1.165) is 11.3 Å². The Bertz CT molecular complexity index is 438. The number of anilines is 1. The van der Waals surface area contributed by atoms with Gasteiger partial charge in [0.05, 0.1) is 0 Å². The molecule has 4 nitrogen and oxygen atoms in total. The molecule has 1 amide bonds. The molecule has 112 valence electrons. The summed E-state index contributed by atoms with van der Waals surface area (Å²) in [6, 6.07) is 7.57. The molecule has 0 radical (unpaired) electrons. The SMILES string of the molecule is CC(C)(C)C(CCO)NC(=O)CCc1ccccc1N. The summed E-state index contributed by atoms with van der Waals surface area (Å²) in [5.41, 5.74) is 7.52. The zero-order valence-electron chi connectivity index (χ0n) is 12.6. The van der Waals surface area contributed by atoms with Crippen LogP contribution in [0.1, 0.15) is 39.2 Å². The van der Waals surface area contributed by atoms with Crippen LogP contribution in [0.15, 0.2) is 24.3 Å². The molecule has 20 heavy (non-hydrogen) atoms. The first-order valence-corrected chi connectivity index (χ1v) is 7.08. The quantitative estimate of drug-likeness (QED) is 0.698. The lowest BCUT2D eigenvalue weighted by molar-refractivity contribution is -0.122. The van der Waals surface area contributed by atoms with Crippen LogP contribution in [0.2, 0.25) is 0 Å². The van der Waals surface area contributed by atoms with Crippen molar-refractivity contribution in [3.63, 3.8) is 0 Å². The summed E-state index contributed by atoms with van der Waals surface area (Å²) in [5, 5.41) is 12.1. The first-order valence-electron chi connectivity index (χ1n) is 7.08. The maximum atomic E-state index is 12.0. The van der Waals surface area contributed by atoms with Crippen molar-refractivity contribution in [2.75, 3.05) is 12.3 Å². The Kier molecular flexibility index (Phi) is 6.02. The average molecular weight is 278 g/mol. The topological polar surface area (TPSA) is 75.3 Å². The third-order valence-corrected chi connectivity index (χ3v) is 3.47. The minimum atomic E-state index is -0.0653. The number of carbonyl (C=O) groups excluding carboxylic acids is 1. The van der Waals surface area contributed by atoms with Crippen molar-refractivity contribution in [1.29, 1.82) is 0 Å². The number of carbonyl (C=O) groups is 1. The van der Waals surface area contributed by atoms with Crippen molar-refractivity contribution in [3.05, 3.63) is 29.8 Å². The van der Waals surface area contributed by atoms with E-state index in [1.807, 2.05) is 24.3 Å². The van der Waals surface area contributed by atoms with Gasteiger partial charge in [0.15, 0.2) is 0 Å². The maximum Gasteiger partial charge on any atom is 0.220 e. The van der Waals surface area contributed by atoms with Gasteiger partial charge >= 0.3 is 0 Å². The summed E-state index contributed by atoms with van der Waals surface area (Å²) in [5.74, 6) is 0.00151. The van der Waals surface area contributed by atoms with E-state index in [4.69, 9.17) is 10.8 Å². The average Bonchev–Trinajstić information content (AvgIpc) is 2.36. The van der Waals surface area contributed by atoms with Crippen LogP contribution >= 0.6 is 0 Å². The van der Waals surface area contributed by atoms with E-state index in [1.165, 1.54) is 0 Å². The number of para-hydroxylation sites is 1. The molecule has 1 rings (SSSR count). The highest BCUT2D eigenvalue weighted by Crippen LogP contribution is 2.22. The van der Waals surface area contributed by atoms with Gasteiger partial charge in [-0.15, -0.1) is 0 Å². The highest BCUT2D eigenvalue weighted by molar-refractivity contribution is 5.76. The van der Waals surface area contributed by atoms with Crippen molar-refractivity contribution in [1.82, 2.24) is 5.32 Å². The van der Waals surface area contributed by atoms with Crippen molar-refractivity contribution >= 4 is 11.6 Å². The molecule has 4 N–H and O–H groups in total. The fraction of sp³-hybridized carbons (Fsp3) is 0.562. The van der Waals surface area contributed by atoms with Crippen molar-refractivity contribution in [2.24, 2.45) is 5.41 Å². The van der Waals surface area contributed by atoms with Crippen LogP contribution in [0.5, 0.6) is 0 Å². The van der Waals surface area contributed by atoms with E-state index in [0.29, 0.717) is 19.3 Å². The van der Waals surface area contributed by atoms with Crippen LogP contribution in [0, 0.1) is 5.41 Å². The number of nitrogen functional groups attached to an aromatic ring is 1. The predicted octanol–water partition coefficient (Wildman–Crippen LogP) is 2.11. The molecule has 0 saturated carbocycles. The minimum Gasteiger partial charge on any atom is -0.399 e. The molecule has 1 atom stereocenters. The van der Waals surface area contributed by atoms with E-state index < -0.39 is 0 Å². The Labute approximate surface area is 121 Å². The molecule has 0 saturated heterocycles. The number of hydrogen-bond donors (Lipinski definition) is 3. The van der Waals surface area contributed by atoms with Gasteiger partial charge in [-0.25, -0.2) is 0 Å². The lowest BCUT2D eigenvalue weighted by Gasteiger charge is -2.31. The van der Waals surface area contributed by atoms with Gasteiger partial charge in [-0.3, -0.25) is 4.79 Å². The third kappa shape index (κ3) is 5.21. The van der Waals surface area contributed by atoms with Crippen LogP contribution in [0.25, 0.3) is 0 Å². The van der Waals surface area contributed by atoms with Crippen molar-refractivity contribution < 1.29 is 9.90 Å². The molecule has 0 bridgehead atoms. The van der Waals surface area contributed by atoms with Gasteiger partial charge in [-0.2, -0.15) is 0 Å². The van der Waals surface area contributed by atoms with Gasteiger partial charge in [-0.05, 0) is 29.9 Å². The predicted molar refractivity (Wildman–Crippen MR) is 82.3 cm³/mol. The zero-order chi connectivity index (χ0) is 15.2. The molecule has 4 heteroatoms. The van der Waals surface area contributed by atoms with Crippen LogP contribution in [-0.2, 0) is 11.2 Å². The second-order valence-corrected chi connectivity index (χ2v) is 6.20. The van der Waals surface area contributed by atoms with Crippen molar-refractivity contribution in [3.8, 4) is 0 Å². The Hall–Kier alpha value is -1.55. The molecular weight excluding hydrogens is 252 g/mol. The summed E-state index contributed by atoms with van der Waals surface area (Å²) in [7, 11) is 0. The summed E-state index contributed by atoms with van der Waals surface area (Å²) < 4.78 is 0. The number of aryl methyl sites for hydroxylation is 1. The fourth-order valence-corrected chi connectivity index (χ4v) is 2.13. The zero-order valence-corrected chi connectivity index (χ0v) is 12.6. The van der Waals surface area contributed by atoms with Gasteiger partial charge in [0, 0.05) is 24.8 Å². The number of nitrogens with two attached hydrogens (primary N) is 1. The van der Waals surface area contributed by atoms with Crippen molar-refractivity contribution in [2.45, 2.75) is 46.1 Å². The van der Waals surface area contributed by atoms with E-state index in [1.54, 1.807) is 0 Å². The summed E-state index contributed by atoms with van der Waals surface area (Å²) >= 11 is 0.